The lowest BCUT2D eigenvalue weighted by Crippen LogP contribution is -2.20. The maximum Gasteiger partial charge on any atom is 0.244 e. The zero-order valence-electron chi connectivity index (χ0n) is 16.4. The van der Waals surface area contributed by atoms with Crippen LogP contribution in [0.4, 0.5) is 5.69 Å². The van der Waals surface area contributed by atoms with Crippen LogP contribution in [-0.2, 0) is 16.1 Å². The van der Waals surface area contributed by atoms with Gasteiger partial charge in [0, 0.05) is 34.8 Å². The Balaban J connectivity index is 1.52. The van der Waals surface area contributed by atoms with Crippen LogP contribution in [0.5, 0.6) is 5.75 Å². The van der Waals surface area contributed by atoms with Gasteiger partial charge in [0.15, 0.2) is 0 Å². The lowest BCUT2D eigenvalue weighted by Gasteiger charge is -2.16. The zero-order chi connectivity index (χ0) is 20.8. The Morgan fingerprint density at radius 1 is 1.17 bits per heavy atom. The van der Waals surface area contributed by atoms with Crippen molar-refractivity contribution in [1.29, 1.82) is 0 Å². The number of nitrogens with one attached hydrogen (secondary N) is 2. The highest BCUT2D eigenvalue weighted by atomic mass is 35.5. The minimum absolute atomic E-state index is 0.0259. The molecule has 0 aliphatic carbocycles. The Morgan fingerprint density at radius 3 is 2.66 bits per heavy atom. The predicted molar refractivity (Wildman–Crippen MR) is 116 cm³/mol. The van der Waals surface area contributed by atoms with E-state index in [0.29, 0.717) is 18.2 Å². The van der Waals surface area contributed by atoms with Gasteiger partial charge in [-0.3, -0.25) is 9.59 Å². The van der Waals surface area contributed by atoms with Crippen LogP contribution < -0.4 is 15.4 Å². The number of hydrogen-bond donors (Lipinski definition) is 2. The molecular formula is C23H23ClN2O3. The smallest absolute Gasteiger partial charge is 0.244 e. The molecule has 2 amide bonds. The van der Waals surface area contributed by atoms with Gasteiger partial charge in [-0.1, -0.05) is 43.7 Å². The van der Waals surface area contributed by atoms with E-state index in [1.165, 1.54) is 6.08 Å². The van der Waals surface area contributed by atoms with Gasteiger partial charge in [-0.25, -0.2) is 0 Å². The van der Waals surface area contributed by atoms with Crippen LogP contribution in [0, 0.1) is 5.92 Å². The van der Waals surface area contributed by atoms with E-state index in [4.69, 9.17) is 16.3 Å². The number of ether oxygens (including phenoxy) is 1. The Hall–Kier alpha value is -3.05. The van der Waals surface area contributed by atoms with Crippen molar-refractivity contribution in [2.24, 2.45) is 5.92 Å². The lowest BCUT2D eigenvalue weighted by atomic mass is 10.1. The summed E-state index contributed by atoms with van der Waals surface area (Å²) in [4.78, 5) is 23.8. The molecule has 0 spiro atoms. The molecule has 0 atom stereocenters. The van der Waals surface area contributed by atoms with E-state index >= 15 is 0 Å². The van der Waals surface area contributed by atoms with Crippen molar-refractivity contribution in [1.82, 2.24) is 5.32 Å². The topological polar surface area (TPSA) is 67.4 Å². The number of rotatable bonds is 6. The first kappa shape index (κ1) is 20.7. The maximum absolute atomic E-state index is 12.1. The summed E-state index contributed by atoms with van der Waals surface area (Å²) in [6.45, 7) is 4.49. The summed E-state index contributed by atoms with van der Waals surface area (Å²) in [5.41, 5.74) is 3.47. The molecule has 5 nitrogen and oxygen atoms in total. The number of benzene rings is 2. The van der Waals surface area contributed by atoms with Crippen LogP contribution in [0.1, 0.15) is 25.0 Å². The van der Waals surface area contributed by atoms with E-state index in [1.807, 2.05) is 56.3 Å². The third-order valence-corrected chi connectivity index (χ3v) is 4.60. The SMILES string of the molecule is CC(C)C(=O)Nc1ccc(CNC(=O)/C=C/C2=Cc3cc(Cl)ccc3OC2)cc1. The van der Waals surface area contributed by atoms with E-state index in [9.17, 15) is 9.59 Å². The van der Waals surface area contributed by atoms with Crippen LogP contribution in [0.15, 0.2) is 60.2 Å². The summed E-state index contributed by atoms with van der Waals surface area (Å²) in [6, 6.07) is 12.8. The van der Waals surface area contributed by atoms with Gasteiger partial charge in [-0.05, 0) is 47.5 Å². The van der Waals surface area contributed by atoms with Gasteiger partial charge in [0.25, 0.3) is 0 Å². The Kier molecular flexibility index (Phi) is 6.73. The Bertz CT molecular complexity index is 963. The molecule has 0 radical (unpaired) electrons. The van der Waals surface area contributed by atoms with Crippen LogP contribution in [0.3, 0.4) is 0 Å². The number of hydrogen-bond acceptors (Lipinski definition) is 3. The molecule has 3 rings (SSSR count). The van der Waals surface area contributed by atoms with Gasteiger partial charge < -0.3 is 15.4 Å². The number of carbonyl (C=O) groups excluding carboxylic acids is 2. The molecule has 0 unspecified atom stereocenters. The van der Waals surface area contributed by atoms with E-state index in [1.54, 1.807) is 12.1 Å². The number of carbonyl (C=O) groups is 2. The summed E-state index contributed by atoms with van der Waals surface area (Å²) >= 11 is 6.01. The van der Waals surface area contributed by atoms with Crippen LogP contribution in [0.25, 0.3) is 6.08 Å². The number of anilines is 1. The van der Waals surface area contributed by atoms with E-state index in [2.05, 4.69) is 10.6 Å². The van der Waals surface area contributed by atoms with E-state index in [0.717, 1.165) is 28.1 Å². The van der Waals surface area contributed by atoms with Gasteiger partial charge >= 0.3 is 0 Å². The molecular weight excluding hydrogens is 388 g/mol. The summed E-state index contributed by atoms with van der Waals surface area (Å²) in [5.74, 6) is 0.488. The molecule has 1 aliphatic rings. The van der Waals surface area contributed by atoms with Crippen molar-refractivity contribution in [2.45, 2.75) is 20.4 Å². The third kappa shape index (κ3) is 5.96. The molecule has 2 N–H and O–H groups in total. The highest BCUT2D eigenvalue weighted by Crippen LogP contribution is 2.29. The molecule has 150 valence electrons. The molecule has 2 aromatic rings. The van der Waals surface area contributed by atoms with Crippen LogP contribution in [-0.4, -0.2) is 18.4 Å². The molecule has 1 aliphatic heterocycles. The average Bonchev–Trinajstić information content (AvgIpc) is 2.71. The minimum Gasteiger partial charge on any atom is -0.488 e. The standard InChI is InChI=1S/C23H23ClN2O3/c1-15(2)23(28)26-20-7-3-16(4-8-20)13-25-22(27)10-5-17-11-18-12-19(24)6-9-21(18)29-14-17/h3-12,15H,13-14H2,1-2H3,(H,25,27)(H,26,28)/b10-5+. The third-order valence-electron chi connectivity index (χ3n) is 4.37. The number of amides is 2. The first-order valence-corrected chi connectivity index (χ1v) is 9.77. The van der Waals surface area contributed by atoms with Crippen molar-refractivity contribution in [3.8, 4) is 5.75 Å². The Labute approximate surface area is 175 Å². The van der Waals surface area contributed by atoms with Crippen molar-refractivity contribution in [2.75, 3.05) is 11.9 Å². The molecule has 0 aromatic heterocycles. The van der Waals surface area contributed by atoms with Crippen molar-refractivity contribution in [3.63, 3.8) is 0 Å². The van der Waals surface area contributed by atoms with Gasteiger partial charge in [0.2, 0.25) is 11.8 Å². The fourth-order valence-electron chi connectivity index (χ4n) is 2.69. The van der Waals surface area contributed by atoms with Crippen molar-refractivity contribution < 1.29 is 14.3 Å². The molecule has 2 aromatic carbocycles. The van der Waals surface area contributed by atoms with Gasteiger partial charge in [-0.15, -0.1) is 0 Å². The molecule has 0 bridgehead atoms. The molecule has 6 heteroatoms. The largest absolute Gasteiger partial charge is 0.488 e. The number of fused-ring (bicyclic) bond motifs is 1. The number of halogens is 1. The van der Waals surface area contributed by atoms with Crippen molar-refractivity contribution >= 4 is 35.2 Å². The molecule has 1 heterocycles. The van der Waals surface area contributed by atoms with Gasteiger partial charge in [0.05, 0.1) is 0 Å². The first-order chi connectivity index (χ1) is 13.9. The second-order valence-electron chi connectivity index (χ2n) is 7.08. The highest BCUT2D eigenvalue weighted by Gasteiger charge is 2.10. The maximum atomic E-state index is 12.1. The molecule has 29 heavy (non-hydrogen) atoms. The molecule has 0 saturated carbocycles. The monoisotopic (exact) mass is 410 g/mol. The second-order valence-corrected chi connectivity index (χ2v) is 7.52. The normalized spacial score (nSPS) is 12.9. The summed E-state index contributed by atoms with van der Waals surface area (Å²) in [5, 5.41) is 6.32. The second kappa shape index (κ2) is 9.43. The van der Waals surface area contributed by atoms with E-state index < -0.39 is 0 Å². The fourth-order valence-corrected chi connectivity index (χ4v) is 2.87. The highest BCUT2D eigenvalue weighted by molar-refractivity contribution is 6.30. The fraction of sp³-hybridized carbons (Fsp3) is 0.217. The Morgan fingerprint density at radius 2 is 1.93 bits per heavy atom. The predicted octanol–water partition coefficient (Wildman–Crippen LogP) is 4.58. The minimum atomic E-state index is -0.194. The first-order valence-electron chi connectivity index (χ1n) is 9.39. The quantitative estimate of drug-likeness (QED) is 0.685. The summed E-state index contributed by atoms with van der Waals surface area (Å²) in [6.07, 6.45) is 5.18. The lowest BCUT2D eigenvalue weighted by molar-refractivity contribution is -0.119. The molecule has 0 saturated heterocycles. The summed E-state index contributed by atoms with van der Waals surface area (Å²) in [7, 11) is 0. The van der Waals surface area contributed by atoms with Crippen LogP contribution >= 0.6 is 11.6 Å². The molecule has 0 fully saturated rings. The average molecular weight is 411 g/mol. The summed E-state index contributed by atoms with van der Waals surface area (Å²) < 4.78 is 5.67. The van der Waals surface area contributed by atoms with E-state index in [-0.39, 0.29) is 17.7 Å². The van der Waals surface area contributed by atoms with Gasteiger partial charge in [-0.2, -0.15) is 0 Å². The van der Waals surface area contributed by atoms with Crippen LogP contribution in [0.2, 0.25) is 5.02 Å². The van der Waals surface area contributed by atoms with Gasteiger partial charge in [0.1, 0.15) is 12.4 Å². The van der Waals surface area contributed by atoms with Crippen molar-refractivity contribution in [3.05, 3.63) is 76.3 Å². The zero-order valence-corrected chi connectivity index (χ0v) is 17.1.